The first-order valence-electron chi connectivity index (χ1n) is 10.0. The van der Waals surface area contributed by atoms with Gasteiger partial charge in [0.25, 0.3) is 5.91 Å². The number of benzene rings is 3. The Morgan fingerprint density at radius 2 is 1.82 bits per heavy atom. The Morgan fingerprint density at radius 1 is 1.04 bits per heavy atom. The zero-order chi connectivity index (χ0) is 19.9. The highest BCUT2D eigenvalue weighted by molar-refractivity contribution is 5.85. The van der Waals surface area contributed by atoms with E-state index in [0.717, 1.165) is 29.7 Å². The molecule has 3 heteroatoms. The molecule has 0 atom stereocenters. The Kier molecular flexibility index (Phi) is 6.70. The summed E-state index contributed by atoms with van der Waals surface area (Å²) in [7, 11) is 0. The molecule has 28 heavy (non-hydrogen) atoms. The van der Waals surface area contributed by atoms with E-state index in [-0.39, 0.29) is 12.5 Å². The van der Waals surface area contributed by atoms with E-state index in [1.54, 1.807) is 0 Å². The Labute approximate surface area is 167 Å². The van der Waals surface area contributed by atoms with Gasteiger partial charge in [-0.15, -0.1) is 0 Å². The molecule has 0 aliphatic rings. The lowest BCUT2D eigenvalue weighted by molar-refractivity contribution is -0.123. The van der Waals surface area contributed by atoms with Crippen molar-refractivity contribution in [1.82, 2.24) is 5.32 Å². The van der Waals surface area contributed by atoms with Gasteiger partial charge in [0.15, 0.2) is 6.61 Å². The molecule has 0 bridgehead atoms. The molecule has 0 radical (unpaired) electrons. The van der Waals surface area contributed by atoms with Gasteiger partial charge in [-0.1, -0.05) is 68.4 Å². The summed E-state index contributed by atoms with van der Waals surface area (Å²) in [6, 6.07) is 21.0. The van der Waals surface area contributed by atoms with Crippen LogP contribution in [0.4, 0.5) is 0 Å². The fraction of sp³-hybridized carbons (Fsp3) is 0.320. The predicted molar refractivity (Wildman–Crippen MR) is 116 cm³/mol. The number of carbonyl (C=O) groups excluding carboxylic acids is 1. The fourth-order valence-electron chi connectivity index (χ4n) is 3.46. The lowest BCUT2D eigenvalue weighted by atomic mass is 10.0. The van der Waals surface area contributed by atoms with Gasteiger partial charge in [0.05, 0.1) is 0 Å². The molecule has 3 nitrogen and oxygen atoms in total. The van der Waals surface area contributed by atoms with E-state index in [1.807, 2.05) is 13.0 Å². The van der Waals surface area contributed by atoms with E-state index >= 15 is 0 Å². The molecule has 0 saturated carbocycles. The number of carbonyl (C=O) groups is 1. The smallest absolute Gasteiger partial charge is 0.257 e. The molecule has 0 aliphatic heterocycles. The Balaban J connectivity index is 1.47. The van der Waals surface area contributed by atoms with Crippen LogP contribution in [0, 0.1) is 6.92 Å². The van der Waals surface area contributed by atoms with Crippen LogP contribution >= 0.6 is 0 Å². The third-order valence-electron chi connectivity index (χ3n) is 4.97. The molecule has 0 saturated heterocycles. The van der Waals surface area contributed by atoms with Gasteiger partial charge in [-0.3, -0.25) is 4.79 Å². The van der Waals surface area contributed by atoms with E-state index in [2.05, 4.69) is 73.8 Å². The predicted octanol–water partition coefficient (Wildman–Crippen LogP) is 5.40. The van der Waals surface area contributed by atoms with Crippen molar-refractivity contribution in [2.24, 2.45) is 0 Å². The van der Waals surface area contributed by atoms with E-state index in [1.165, 1.54) is 16.3 Å². The number of fused-ring (bicyclic) bond motifs is 1. The molecule has 3 aromatic carbocycles. The van der Waals surface area contributed by atoms with Gasteiger partial charge in [-0.05, 0) is 59.2 Å². The largest absolute Gasteiger partial charge is 0.483 e. The molecule has 0 aromatic heterocycles. The summed E-state index contributed by atoms with van der Waals surface area (Å²) in [5, 5.41) is 5.52. The van der Waals surface area contributed by atoms with Crippen LogP contribution in [0.1, 0.15) is 42.9 Å². The highest BCUT2D eigenvalue weighted by atomic mass is 16.5. The van der Waals surface area contributed by atoms with E-state index in [0.29, 0.717) is 12.5 Å². The van der Waals surface area contributed by atoms with Crippen LogP contribution in [-0.2, 0) is 11.2 Å². The lowest BCUT2D eigenvalue weighted by Gasteiger charge is -2.15. The van der Waals surface area contributed by atoms with Crippen molar-refractivity contribution < 1.29 is 9.53 Å². The first-order chi connectivity index (χ1) is 13.5. The maximum absolute atomic E-state index is 12.2. The van der Waals surface area contributed by atoms with Crippen molar-refractivity contribution in [2.45, 2.75) is 39.5 Å². The zero-order valence-electron chi connectivity index (χ0n) is 17.0. The van der Waals surface area contributed by atoms with Gasteiger partial charge in [0.1, 0.15) is 5.75 Å². The highest BCUT2D eigenvalue weighted by Crippen LogP contribution is 2.27. The molecular formula is C25H29NO2. The van der Waals surface area contributed by atoms with E-state index in [4.69, 9.17) is 4.74 Å². The Hall–Kier alpha value is -2.81. The molecule has 0 spiro atoms. The Morgan fingerprint density at radius 3 is 2.64 bits per heavy atom. The third kappa shape index (κ3) is 5.13. The SMILES string of the molecule is Cc1ccc(C(C)C)c(OCC(=O)NCCCc2cccc3ccccc23)c1. The maximum Gasteiger partial charge on any atom is 0.257 e. The fourth-order valence-corrected chi connectivity index (χ4v) is 3.46. The summed E-state index contributed by atoms with van der Waals surface area (Å²) in [5.74, 6) is 1.09. The van der Waals surface area contributed by atoms with Gasteiger partial charge in [-0.25, -0.2) is 0 Å². The summed E-state index contributed by atoms with van der Waals surface area (Å²) in [5.41, 5.74) is 3.59. The number of nitrogens with one attached hydrogen (secondary N) is 1. The van der Waals surface area contributed by atoms with Crippen LogP contribution in [0.15, 0.2) is 60.7 Å². The van der Waals surface area contributed by atoms with Crippen LogP contribution in [0.5, 0.6) is 5.75 Å². The second kappa shape index (κ2) is 9.41. The van der Waals surface area contributed by atoms with Crippen molar-refractivity contribution in [2.75, 3.05) is 13.2 Å². The third-order valence-corrected chi connectivity index (χ3v) is 4.97. The maximum atomic E-state index is 12.2. The molecular weight excluding hydrogens is 346 g/mol. The van der Waals surface area contributed by atoms with Gasteiger partial charge in [0, 0.05) is 6.54 Å². The first kappa shape index (κ1) is 19.9. The van der Waals surface area contributed by atoms with Crippen LogP contribution in [0.3, 0.4) is 0 Å². The van der Waals surface area contributed by atoms with Gasteiger partial charge >= 0.3 is 0 Å². The van der Waals surface area contributed by atoms with E-state index in [9.17, 15) is 4.79 Å². The van der Waals surface area contributed by atoms with E-state index < -0.39 is 0 Å². The first-order valence-corrected chi connectivity index (χ1v) is 10.0. The number of ether oxygens (including phenoxy) is 1. The average Bonchev–Trinajstić information content (AvgIpc) is 2.69. The minimum absolute atomic E-state index is 0.0530. The monoisotopic (exact) mass is 375 g/mol. The normalized spacial score (nSPS) is 11.0. The molecule has 1 N–H and O–H groups in total. The molecule has 1 amide bonds. The summed E-state index contributed by atoms with van der Waals surface area (Å²) in [4.78, 5) is 12.2. The summed E-state index contributed by atoms with van der Waals surface area (Å²) < 4.78 is 5.80. The van der Waals surface area contributed by atoms with Crippen molar-refractivity contribution >= 4 is 16.7 Å². The second-order valence-electron chi connectivity index (χ2n) is 7.58. The Bertz CT molecular complexity index is 941. The molecule has 0 unspecified atom stereocenters. The molecule has 0 fully saturated rings. The van der Waals surface area contributed by atoms with Crippen LogP contribution in [-0.4, -0.2) is 19.1 Å². The highest BCUT2D eigenvalue weighted by Gasteiger charge is 2.10. The number of aryl methyl sites for hydroxylation is 2. The molecule has 3 rings (SSSR count). The standard InChI is InChI=1S/C25H29NO2/c1-18(2)22-14-13-19(3)16-24(22)28-17-25(27)26-15-7-11-21-10-6-9-20-8-4-5-12-23(20)21/h4-6,8-10,12-14,16,18H,7,11,15,17H2,1-3H3,(H,26,27). The summed E-state index contributed by atoms with van der Waals surface area (Å²) in [6.07, 6.45) is 1.85. The van der Waals surface area contributed by atoms with Gasteiger partial charge < -0.3 is 10.1 Å². The van der Waals surface area contributed by atoms with Crippen molar-refractivity contribution in [3.63, 3.8) is 0 Å². The van der Waals surface area contributed by atoms with Gasteiger partial charge in [0.2, 0.25) is 0 Å². The zero-order valence-corrected chi connectivity index (χ0v) is 17.0. The topological polar surface area (TPSA) is 38.3 Å². The number of rotatable bonds is 8. The van der Waals surface area contributed by atoms with Gasteiger partial charge in [-0.2, -0.15) is 0 Å². The van der Waals surface area contributed by atoms with Crippen LogP contribution in [0.2, 0.25) is 0 Å². The van der Waals surface area contributed by atoms with Crippen LogP contribution < -0.4 is 10.1 Å². The molecule has 0 aliphatic carbocycles. The van der Waals surface area contributed by atoms with Crippen LogP contribution in [0.25, 0.3) is 10.8 Å². The quantitative estimate of drug-likeness (QED) is 0.535. The number of hydrogen-bond acceptors (Lipinski definition) is 2. The van der Waals surface area contributed by atoms with Crippen molar-refractivity contribution in [3.05, 3.63) is 77.4 Å². The lowest BCUT2D eigenvalue weighted by Crippen LogP contribution is -2.30. The van der Waals surface area contributed by atoms with Crippen molar-refractivity contribution in [1.29, 1.82) is 0 Å². The minimum atomic E-state index is -0.0749. The molecule has 146 valence electrons. The summed E-state index contributed by atoms with van der Waals surface area (Å²) in [6.45, 7) is 6.99. The second-order valence-corrected chi connectivity index (χ2v) is 7.58. The van der Waals surface area contributed by atoms with Crippen molar-refractivity contribution in [3.8, 4) is 5.75 Å². The number of amides is 1. The summed E-state index contributed by atoms with van der Waals surface area (Å²) >= 11 is 0. The molecule has 0 heterocycles. The molecule has 3 aromatic rings. The average molecular weight is 376 g/mol. The minimum Gasteiger partial charge on any atom is -0.483 e. The number of hydrogen-bond donors (Lipinski definition) is 1.